The molecule has 1 amide bonds. The molecule has 22 heavy (non-hydrogen) atoms. The van der Waals surface area contributed by atoms with Crippen LogP contribution < -0.4 is 15.2 Å². The third-order valence-corrected chi connectivity index (χ3v) is 3.89. The van der Waals surface area contributed by atoms with Gasteiger partial charge in [-0.25, -0.2) is 0 Å². The second kappa shape index (κ2) is 7.47. The van der Waals surface area contributed by atoms with E-state index in [1.165, 1.54) is 0 Å². The summed E-state index contributed by atoms with van der Waals surface area (Å²) in [6, 6.07) is 5.47. The molecule has 1 unspecified atom stereocenters. The van der Waals surface area contributed by atoms with Gasteiger partial charge in [0.1, 0.15) is 11.5 Å². The van der Waals surface area contributed by atoms with Crippen LogP contribution in [-0.2, 0) is 11.3 Å². The van der Waals surface area contributed by atoms with E-state index in [0.717, 1.165) is 49.8 Å². The van der Waals surface area contributed by atoms with Crippen LogP contribution in [0.5, 0.6) is 11.5 Å². The van der Waals surface area contributed by atoms with Crippen LogP contribution in [-0.4, -0.2) is 62.1 Å². The van der Waals surface area contributed by atoms with Crippen molar-refractivity contribution in [2.75, 3.05) is 40.4 Å². The molecule has 0 aliphatic carbocycles. The molecule has 1 atom stereocenters. The van der Waals surface area contributed by atoms with Crippen molar-refractivity contribution in [3.8, 4) is 11.5 Å². The van der Waals surface area contributed by atoms with Gasteiger partial charge >= 0.3 is 0 Å². The van der Waals surface area contributed by atoms with Crippen molar-refractivity contribution in [1.29, 1.82) is 0 Å². The van der Waals surface area contributed by atoms with Gasteiger partial charge in [-0.1, -0.05) is 0 Å². The summed E-state index contributed by atoms with van der Waals surface area (Å²) in [6.07, 6.45) is 0. The molecule has 1 aliphatic rings. The van der Waals surface area contributed by atoms with E-state index >= 15 is 0 Å². The van der Waals surface area contributed by atoms with Crippen molar-refractivity contribution < 1.29 is 14.3 Å². The molecule has 6 heteroatoms. The second-order valence-corrected chi connectivity index (χ2v) is 5.61. The number of hydrogen-bond acceptors (Lipinski definition) is 5. The van der Waals surface area contributed by atoms with Gasteiger partial charge in [-0.3, -0.25) is 9.69 Å². The van der Waals surface area contributed by atoms with E-state index in [1.807, 2.05) is 23.1 Å². The largest absolute Gasteiger partial charge is 0.497 e. The van der Waals surface area contributed by atoms with Crippen molar-refractivity contribution in [1.82, 2.24) is 9.80 Å². The zero-order chi connectivity index (χ0) is 16.1. The quantitative estimate of drug-likeness (QED) is 0.867. The van der Waals surface area contributed by atoms with E-state index in [1.54, 1.807) is 21.1 Å². The number of piperazine rings is 1. The minimum Gasteiger partial charge on any atom is -0.497 e. The number of benzene rings is 1. The predicted octanol–water partition coefficient (Wildman–Crippen LogP) is 0.695. The normalized spacial score (nSPS) is 17.2. The Balaban J connectivity index is 1.94. The van der Waals surface area contributed by atoms with E-state index < -0.39 is 6.04 Å². The Morgan fingerprint density at radius 2 is 1.68 bits per heavy atom. The molecule has 1 heterocycles. The zero-order valence-corrected chi connectivity index (χ0v) is 13.5. The topological polar surface area (TPSA) is 68.0 Å². The summed E-state index contributed by atoms with van der Waals surface area (Å²) in [7, 11) is 3.30. The number of nitrogens with zero attached hydrogens (tertiary/aromatic N) is 2. The number of methoxy groups -OCH3 is 2. The van der Waals surface area contributed by atoms with Crippen molar-refractivity contribution >= 4 is 5.91 Å². The first kappa shape index (κ1) is 16.6. The Labute approximate surface area is 131 Å². The Kier molecular flexibility index (Phi) is 5.63. The fourth-order valence-electron chi connectivity index (χ4n) is 2.63. The van der Waals surface area contributed by atoms with Gasteiger partial charge in [0.25, 0.3) is 0 Å². The Bertz CT molecular complexity index is 489. The minimum atomic E-state index is -0.422. The number of hydrogen-bond donors (Lipinski definition) is 1. The fraction of sp³-hybridized carbons (Fsp3) is 0.562. The Morgan fingerprint density at radius 3 is 2.14 bits per heavy atom. The number of rotatable bonds is 5. The Morgan fingerprint density at radius 1 is 1.14 bits per heavy atom. The van der Waals surface area contributed by atoms with E-state index in [2.05, 4.69) is 4.90 Å². The van der Waals surface area contributed by atoms with Gasteiger partial charge in [-0.2, -0.15) is 0 Å². The number of nitrogens with two attached hydrogens (primary N) is 1. The number of amides is 1. The maximum Gasteiger partial charge on any atom is 0.239 e. The monoisotopic (exact) mass is 307 g/mol. The maximum atomic E-state index is 11.9. The van der Waals surface area contributed by atoms with Crippen LogP contribution in [0.4, 0.5) is 0 Å². The van der Waals surface area contributed by atoms with Crippen LogP contribution in [0.2, 0.25) is 0 Å². The number of ether oxygens (including phenoxy) is 2. The molecule has 0 aromatic heterocycles. The summed E-state index contributed by atoms with van der Waals surface area (Å²) in [4.78, 5) is 16.0. The third kappa shape index (κ3) is 4.11. The Hall–Kier alpha value is -1.79. The van der Waals surface area contributed by atoms with Gasteiger partial charge in [-0.15, -0.1) is 0 Å². The minimum absolute atomic E-state index is 0.0303. The highest BCUT2D eigenvalue weighted by molar-refractivity contribution is 5.81. The molecule has 1 fully saturated rings. The average Bonchev–Trinajstić information content (AvgIpc) is 2.54. The zero-order valence-electron chi connectivity index (χ0n) is 13.5. The van der Waals surface area contributed by atoms with Crippen LogP contribution in [0.15, 0.2) is 18.2 Å². The first-order valence-corrected chi connectivity index (χ1v) is 7.52. The van der Waals surface area contributed by atoms with Crippen molar-refractivity contribution in [2.24, 2.45) is 5.73 Å². The van der Waals surface area contributed by atoms with E-state index in [4.69, 9.17) is 15.2 Å². The highest BCUT2D eigenvalue weighted by Gasteiger charge is 2.23. The highest BCUT2D eigenvalue weighted by atomic mass is 16.5. The molecular weight excluding hydrogens is 282 g/mol. The molecule has 1 aromatic carbocycles. The fourth-order valence-corrected chi connectivity index (χ4v) is 2.63. The molecule has 1 aliphatic heterocycles. The molecule has 2 N–H and O–H groups in total. The van der Waals surface area contributed by atoms with Crippen LogP contribution in [0.3, 0.4) is 0 Å². The summed E-state index contributed by atoms with van der Waals surface area (Å²) in [5.74, 6) is 1.61. The summed E-state index contributed by atoms with van der Waals surface area (Å²) >= 11 is 0. The first-order chi connectivity index (χ1) is 10.5. The average molecular weight is 307 g/mol. The third-order valence-electron chi connectivity index (χ3n) is 3.89. The lowest BCUT2D eigenvalue weighted by Crippen LogP contribution is -2.52. The van der Waals surface area contributed by atoms with Crippen molar-refractivity contribution in [3.05, 3.63) is 23.8 Å². The molecule has 0 bridgehead atoms. The number of carbonyl (C=O) groups is 1. The first-order valence-electron chi connectivity index (χ1n) is 7.52. The molecule has 6 nitrogen and oxygen atoms in total. The van der Waals surface area contributed by atoms with Crippen molar-refractivity contribution in [2.45, 2.75) is 19.5 Å². The standard InChI is InChI=1S/C16H25N3O3/c1-12(17)16(20)19-6-4-18(5-7-19)11-13-8-14(21-2)10-15(9-13)22-3/h8-10,12H,4-7,11,17H2,1-3H3. The van der Waals surface area contributed by atoms with Gasteiger partial charge in [0.05, 0.1) is 20.3 Å². The lowest BCUT2D eigenvalue weighted by atomic mass is 10.1. The van der Waals surface area contributed by atoms with E-state index in [-0.39, 0.29) is 5.91 Å². The molecule has 2 rings (SSSR count). The summed E-state index contributed by atoms with van der Waals surface area (Å²) in [6.45, 7) is 5.68. The van der Waals surface area contributed by atoms with Gasteiger partial charge in [-0.05, 0) is 24.6 Å². The van der Waals surface area contributed by atoms with Crippen LogP contribution >= 0.6 is 0 Å². The predicted molar refractivity (Wildman–Crippen MR) is 85.1 cm³/mol. The van der Waals surface area contributed by atoms with Gasteiger partial charge < -0.3 is 20.1 Å². The second-order valence-electron chi connectivity index (χ2n) is 5.61. The van der Waals surface area contributed by atoms with E-state index in [9.17, 15) is 4.79 Å². The smallest absolute Gasteiger partial charge is 0.239 e. The SMILES string of the molecule is COc1cc(CN2CCN(C(=O)C(C)N)CC2)cc(OC)c1. The molecule has 0 radical (unpaired) electrons. The lowest BCUT2D eigenvalue weighted by molar-refractivity contribution is -0.134. The van der Waals surface area contributed by atoms with Crippen LogP contribution in [0, 0.1) is 0 Å². The number of carbonyl (C=O) groups excluding carboxylic acids is 1. The van der Waals surface area contributed by atoms with Crippen LogP contribution in [0.25, 0.3) is 0 Å². The van der Waals surface area contributed by atoms with Gasteiger partial charge in [0.2, 0.25) is 5.91 Å². The van der Waals surface area contributed by atoms with Crippen LogP contribution in [0.1, 0.15) is 12.5 Å². The van der Waals surface area contributed by atoms with Gasteiger partial charge in [0, 0.05) is 38.8 Å². The molecular formula is C16H25N3O3. The van der Waals surface area contributed by atoms with E-state index in [0.29, 0.717) is 0 Å². The lowest BCUT2D eigenvalue weighted by Gasteiger charge is -2.35. The highest BCUT2D eigenvalue weighted by Crippen LogP contribution is 2.23. The maximum absolute atomic E-state index is 11.9. The molecule has 1 aromatic rings. The summed E-state index contributed by atoms with van der Waals surface area (Å²) in [5, 5.41) is 0. The molecule has 122 valence electrons. The summed E-state index contributed by atoms with van der Waals surface area (Å²) < 4.78 is 10.6. The summed E-state index contributed by atoms with van der Waals surface area (Å²) in [5.41, 5.74) is 6.80. The molecule has 0 saturated carbocycles. The van der Waals surface area contributed by atoms with Gasteiger partial charge in [0.15, 0.2) is 0 Å². The molecule has 0 spiro atoms. The molecule has 1 saturated heterocycles. The van der Waals surface area contributed by atoms with Crippen molar-refractivity contribution in [3.63, 3.8) is 0 Å².